The normalized spacial score (nSPS) is 12.6. The van der Waals surface area contributed by atoms with E-state index in [1.165, 1.54) is 0 Å². The molecule has 0 aliphatic rings. The first kappa shape index (κ1) is 12.2. The minimum Gasteiger partial charge on any atom is -0.325 e. The molecule has 1 amide bonds. The Morgan fingerprint density at radius 1 is 1.47 bits per heavy atom. The molecule has 0 saturated carbocycles. The molecule has 1 aromatic carbocycles. The zero-order chi connectivity index (χ0) is 11.4. The summed E-state index contributed by atoms with van der Waals surface area (Å²) in [6.45, 7) is 3.84. The number of rotatable bonds is 3. The second-order valence-electron chi connectivity index (χ2n) is 3.77. The number of hydrogen-bond acceptors (Lipinski definition) is 2. The van der Waals surface area contributed by atoms with E-state index < -0.39 is 6.04 Å². The number of amides is 1. The maximum absolute atomic E-state index is 11.6. The summed E-state index contributed by atoms with van der Waals surface area (Å²) in [5.41, 5.74) is 6.48. The van der Waals surface area contributed by atoms with E-state index in [1.807, 2.05) is 38.1 Å². The van der Waals surface area contributed by atoms with Crippen molar-refractivity contribution < 1.29 is 4.79 Å². The van der Waals surface area contributed by atoms with Crippen LogP contribution in [0.4, 0.5) is 5.69 Å². The summed E-state index contributed by atoms with van der Waals surface area (Å²) in [6, 6.07) is 6.96. The third-order valence-corrected chi connectivity index (χ3v) is 2.61. The van der Waals surface area contributed by atoms with E-state index in [1.54, 1.807) is 0 Å². The Hall–Kier alpha value is -0.870. The van der Waals surface area contributed by atoms with Gasteiger partial charge in [0.2, 0.25) is 5.91 Å². The zero-order valence-corrected chi connectivity index (χ0v) is 10.4. The highest BCUT2D eigenvalue weighted by Gasteiger charge is 2.16. The minimum absolute atomic E-state index is 0.136. The molecule has 0 aromatic heterocycles. The van der Waals surface area contributed by atoms with Gasteiger partial charge in [-0.15, -0.1) is 0 Å². The van der Waals surface area contributed by atoms with Crippen LogP contribution in [-0.4, -0.2) is 11.9 Å². The molecule has 0 fully saturated rings. The third-order valence-electron chi connectivity index (χ3n) is 2.11. The van der Waals surface area contributed by atoms with Gasteiger partial charge in [0.25, 0.3) is 0 Å². The van der Waals surface area contributed by atoms with Crippen molar-refractivity contribution in [3.8, 4) is 0 Å². The summed E-state index contributed by atoms with van der Waals surface area (Å²) < 4.78 is 0.929. The number of anilines is 1. The molecule has 0 heterocycles. The van der Waals surface area contributed by atoms with Crippen LogP contribution >= 0.6 is 15.9 Å². The van der Waals surface area contributed by atoms with Crippen molar-refractivity contribution in [2.45, 2.75) is 19.9 Å². The van der Waals surface area contributed by atoms with Crippen LogP contribution in [0.2, 0.25) is 0 Å². The second kappa shape index (κ2) is 5.28. The topological polar surface area (TPSA) is 55.1 Å². The average Bonchev–Trinajstić information content (AvgIpc) is 2.16. The van der Waals surface area contributed by atoms with Gasteiger partial charge in [-0.3, -0.25) is 4.79 Å². The standard InChI is InChI=1S/C11H15BrN2O/c1-7(2)10(13)11(15)14-9-5-3-4-8(12)6-9/h3-7,10H,13H2,1-2H3,(H,14,15)/t10-/m1/s1. The largest absolute Gasteiger partial charge is 0.325 e. The maximum atomic E-state index is 11.6. The highest BCUT2D eigenvalue weighted by Crippen LogP contribution is 2.16. The van der Waals surface area contributed by atoms with Gasteiger partial charge in [-0.05, 0) is 24.1 Å². The van der Waals surface area contributed by atoms with Gasteiger partial charge in [-0.2, -0.15) is 0 Å². The Labute approximate surface area is 98.2 Å². The maximum Gasteiger partial charge on any atom is 0.241 e. The highest BCUT2D eigenvalue weighted by molar-refractivity contribution is 9.10. The summed E-state index contributed by atoms with van der Waals surface area (Å²) in [5, 5.41) is 2.77. The van der Waals surface area contributed by atoms with Crippen molar-refractivity contribution in [1.82, 2.24) is 0 Å². The molecule has 0 saturated heterocycles. The molecule has 0 unspecified atom stereocenters. The van der Waals surface area contributed by atoms with Crippen molar-refractivity contribution in [2.75, 3.05) is 5.32 Å². The molecule has 82 valence electrons. The van der Waals surface area contributed by atoms with Gasteiger partial charge in [0.1, 0.15) is 0 Å². The summed E-state index contributed by atoms with van der Waals surface area (Å²) in [4.78, 5) is 11.6. The van der Waals surface area contributed by atoms with Crippen LogP contribution in [0.3, 0.4) is 0 Å². The van der Waals surface area contributed by atoms with Crippen LogP contribution in [0.1, 0.15) is 13.8 Å². The van der Waals surface area contributed by atoms with Gasteiger partial charge >= 0.3 is 0 Å². The smallest absolute Gasteiger partial charge is 0.241 e. The fourth-order valence-electron chi connectivity index (χ4n) is 1.09. The number of carbonyl (C=O) groups excluding carboxylic acids is 1. The Balaban J connectivity index is 2.66. The Morgan fingerprint density at radius 3 is 2.67 bits per heavy atom. The first-order valence-electron chi connectivity index (χ1n) is 4.82. The fraction of sp³-hybridized carbons (Fsp3) is 0.364. The SMILES string of the molecule is CC(C)[C@@H](N)C(=O)Nc1cccc(Br)c1. The molecule has 0 bridgehead atoms. The van der Waals surface area contributed by atoms with Gasteiger partial charge in [-0.25, -0.2) is 0 Å². The van der Waals surface area contributed by atoms with Crippen molar-refractivity contribution >= 4 is 27.5 Å². The number of nitrogens with two attached hydrogens (primary N) is 1. The lowest BCUT2D eigenvalue weighted by Gasteiger charge is -2.15. The Bertz CT molecular complexity index is 352. The summed E-state index contributed by atoms with van der Waals surface area (Å²) in [7, 11) is 0. The molecule has 1 atom stereocenters. The Kier molecular flexibility index (Phi) is 4.29. The second-order valence-corrected chi connectivity index (χ2v) is 4.69. The van der Waals surface area contributed by atoms with Gasteiger partial charge in [0.05, 0.1) is 6.04 Å². The van der Waals surface area contributed by atoms with Gasteiger partial charge in [0, 0.05) is 10.2 Å². The molecule has 15 heavy (non-hydrogen) atoms. The van der Waals surface area contributed by atoms with Crippen molar-refractivity contribution in [2.24, 2.45) is 11.7 Å². The zero-order valence-electron chi connectivity index (χ0n) is 8.83. The van der Waals surface area contributed by atoms with Gasteiger partial charge < -0.3 is 11.1 Å². The molecule has 0 spiro atoms. The van der Waals surface area contributed by atoms with Crippen LogP contribution in [0.25, 0.3) is 0 Å². The summed E-state index contributed by atoms with van der Waals surface area (Å²) in [5.74, 6) is -0.0137. The monoisotopic (exact) mass is 270 g/mol. The number of benzene rings is 1. The molecule has 1 rings (SSSR count). The molecule has 3 N–H and O–H groups in total. The van der Waals surface area contributed by atoms with E-state index in [2.05, 4.69) is 21.2 Å². The van der Waals surface area contributed by atoms with Crippen molar-refractivity contribution in [3.63, 3.8) is 0 Å². The Morgan fingerprint density at radius 2 is 2.13 bits per heavy atom. The minimum atomic E-state index is -0.469. The molecule has 0 radical (unpaired) electrons. The van der Waals surface area contributed by atoms with E-state index >= 15 is 0 Å². The fourth-order valence-corrected chi connectivity index (χ4v) is 1.49. The van der Waals surface area contributed by atoms with Crippen LogP contribution in [0.15, 0.2) is 28.7 Å². The summed E-state index contributed by atoms with van der Waals surface area (Å²) in [6.07, 6.45) is 0. The third kappa shape index (κ3) is 3.64. The number of halogens is 1. The first-order chi connectivity index (χ1) is 7.00. The van der Waals surface area contributed by atoms with E-state index in [0.717, 1.165) is 10.2 Å². The van der Waals surface area contributed by atoms with E-state index in [4.69, 9.17) is 5.73 Å². The molecule has 4 heteroatoms. The van der Waals surface area contributed by atoms with Crippen LogP contribution in [-0.2, 0) is 4.79 Å². The average molecular weight is 271 g/mol. The van der Waals surface area contributed by atoms with Crippen LogP contribution in [0, 0.1) is 5.92 Å². The van der Waals surface area contributed by atoms with Crippen molar-refractivity contribution in [3.05, 3.63) is 28.7 Å². The van der Waals surface area contributed by atoms with E-state index in [9.17, 15) is 4.79 Å². The van der Waals surface area contributed by atoms with Crippen LogP contribution in [0.5, 0.6) is 0 Å². The van der Waals surface area contributed by atoms with Gasteiger partial charge in [0.15, 0.2) is 0 Å². The predicted octanol–water partition coefficient (Wildman–Crippen LogP) is 2.37. The van der Waals surface area contributed by atoms with E-state index in [0.29, 0.717) is 0 Å². The molecule has 0 aliphatic carbocycles. The van der Waals surface area contributed by atoms with Crippen LogP contribution < -0.4 is 11.1 Å². The van der Waals surface area contributed by atoms with Gasteiger partial charge in [-0.1, -0.05) is 35.8 Å². The molecule has 1 aromatic rings. The quantitative estimate of drug-likeness (QED) is 0.886. The molecular weight excluding hydrogens is 256 g/mol. The predicted molar refractivity (Wildman–Crippen MR) is 65.6 cm³/mol. The van der Waals surface area contributed by atoms with E-state index in [-0.39, 0.29) is 11.8 Å². The molecule has 0 aliphatic heterocycles. The van der Waals surface area contributed by atoms with Crippen molar-refractivity contribution in [1.29, 1.82) is 0 Å². The number of hydrogen-bond donors (Lipinski definition) is 2. The number of carbonyl (C=O) groups is 1. The summed E-state index contributed by atoms with van der Waals surface area (Å²) >= 11 is 3.34. The first-order valence-corrected chi connectivity index (χ1v) is 5.62. The molecule has 3 nitrogen and oxygen atoms in total. The number of nitrogens with one attached hydrogen (secondary N) is 1. The lowest BCUT2D eigenvalue weighted by molar-refractivity contribution is -0.118. The lowest BCUT2D eigenvalue weighted by atomic mass is 10.1. The highest BCUT2D eigenvalue weighted by atomic mass is 79.9. The lowest BCUT2D eigenvalue weighted by Crippen LogP contribution is -2.39. The molecular formula is C11H15BrN2O.